The van der Waals surface area contributed by atoms with E-state index in [-0.39, 0.29) is 0 Å². The molecule has 2 rings (SSSR count). The molecule has 0 bridgehead atoms. The van der Waals surface area contributed by atoms with Gasteiger partial charge < -0.3 is 5.73 Å². The molecule has 0 heterocycles. The van der Waals surface area contributed by atoms with Gasteiger partial charge in [-0.05, 0) is 43.2 Å². The Hall–Kier alpha value is -1.41. The fraction of sp³-hybridized carbons (Fsp3) is 0.200. The third-order valence-corrected chi connectivity index (χ3v) is 3.92. The van der Waals surface area contributed by atoms with Crippen LogP contribution in [0.5, 0.6) is 0 Å². The molecule has 0 fully saturated rings. The quantitative estimate of drug-likeness (QED) is 0.646. The molecular formula is C15H17NS. The number of rotatable bonds is 3. The van der Waals surface area contributed by atoms with E-state index in [1.54, 1.807) is 0 Å². The highest BCUT2D eigenvalue weighted by atomic mass is 32.2. The zero-order valence-corrected chi connectivity index (χ0v) is 11.1. The zero-order chi connectivity index (χ0) is 12.3. The summed E-state index contributed by atoms with van der Waals surface area (Å²) in [5.41, 5.74) is 10.5. The largest absolute Gasteiger partial charge is 0.399 e. The van der Waals surface area contributed by atoms with Gasteiger partial charge in [-0.25, -0.2) is 0 Å². The first-order chi connectivity index (χ1) is 8.15. The van der Waals surface area contributed by atoms with Crippen molar-refractivity contribution in [3.63, 3.8) is 0 Å². The lowest BCUT2D eigenvalue weighted by atomic mass is 10.2. The second-order valence-corrected chi connectivity index (χ2v) is 5.32. The summed E-state index contributed by atoms with van der Waals surface area (Å²) in [6.07, 6.45) is 0. The summed E-state index contributed by atoms with van der Waals surface area (Å²) >= 11 is 1.87. The molecule has 0 aliphatic carbocycles. The minimum atomic E-state index is 0.837. The fourth-order valence-corrected chi connectivity index (χ4v) is 2.77. The van der Waals surface area contributed by atoms with Gasteiger partial charge in [0.1, 0.15) is 0 Å². The van der Waals surface area contributed by atoms with Crippen molar-refractivity contribution >= 4 is 17.4 Å². The Bertz CT molecular complexity index is 520. The Morgan fingerprint density at radius 3 is 2.65 bits per heavy atom. The number of anilines is 1. The highest BCUT2D eigenvalue weighted by Crippen LogP contribution is 2.27. The van der Waals surface area contributed by atoms with Crippen LogP contribution in [-0.4, -0.2) is 0 Å². The molecule has 0 aliphatic rings. The summed E-state index contributed by atoms with van der Waals surface area (Å²) < 4.78 is 0. The van der Waals surface area contributed by atoms with Gasteiger partial charge in [-0.15, -0.1) is 11.8 Å². The second-order valence-electron chi connectivity index (χ2n) is 4.30. The number of aryl methyl sites for hydroxylation is 2. The molecule has 2 aromatic carbocycles. The summed E-state index contributed by atoms with van der Waals surface area (Å²) in [6, 6.07) is 14.7. The summed E-state index contributed by atoms with van der Waals surface area (Å²) in [7, 11) is 0. The molecule has 88 valence electrons. The molecule has 0 radical (unpaired) electrons. The lowest BCUT2D eigenvalue weighted by Crippen LogP contribution is -1.88. The highest BCUT2D eigenvalue weighted by molar-refractivity contribution is 7.98. The van der Waals surface area contributed by atoms with E-state index in [2.05, 4.69) is 38.1 Å². The number of thioether (sulfide) groups is 1. The second kappa shape index (κ2) is 5.28. The molecule has 0 spiro atoms. The molecule has 2 heteroatoms. The fourth-order valence-electron chi connectivity index (χ4n) is 1.71. The molecule has 0 atom stereocenters. The Balaban J connectivity index is 2.09. The van der Waals surface area contributed by atoms with E-state index in [4.69, 9.17) is 5.73 Å². The number of hydrogen-bond acceptors (Lipinski definition) is 2. The van der Waals surface area contributed by atoms with E-state index < -0.39 is 0 Å². The highest BCUT2D eigenvalue weighted by Gasteiger charge is 2.01. The van der Waals surface area contributed by atoms with Crippen molar-refractivity contribution in [2.75, 3.05) is 5.73 Å². The van der Waals surface area contributed by atoms with E-state index in [1.165, 1.54) is 21.6 Å². The number of nitrogens with two attached hydrogens (primary N) is 1. The van der Waals surface area contributed by atoms with E-state index >= 15 is 0 Å². The smallest absolute Gasteiger partial charge is 0.0317 e. The van der Waals surface area contributed by atoms with E-state index in [1.807, 2.05) is 30.0 Å². The molecule has 2 aromatic rings. The molecule has 0 aromatic heterocycles. The van der Waals surface area contributed by atoms with Crippen LogP contribution in [-0.2, 0) is 5.75 Å². The lowest BCUT2D eigenvalue weighted by Gasteiger charge is -2.07. The normalized spacial score (nSPS) is 10.5. The topological polar surface area (TPSA) is 26.0 Å². The van der Waals surface area contributed by atoms with Crippen LogP contribution in [0.2, 0.25) is 0 Å². The molecule has 0 aliphatic heterocycles. The van der Waals surface area contributed by atoms with Crippen molar-refractivity contribution < 1.29 is 0 Å². The molecule has 0 amide bonds. The molecule has 17 heavy (non-hydrogen) atoms. The first-order valence-corrected chi connectivity index (χ1v) is 6.68. The van der Waals surface area contributed by atoms with Gasteiger partial charge in [0.05, 0.1) is 0 Å². The Morgan fingerprint density at radius 1 is 1.06 bits per heavy atom. The van der Waals surface area contributed by atoms with E-state index in [9.17, 15) is 0 Å². The van der Waals surface area contributed by atoms with Crippen LogP contribution in [0.15, 0.2) is 47.4 Å². The predicted octanol–water partition coefficient (Wildman–Crippen LogP) is 4.18. The van der Waals surface area contributed by atoms with Crippen molar-refractivity contribution in [1.82, 2.24) is 0 Å². The average Bonchev–Trinajstić information content (AvgIpc) is 2.30. The van der Waals surface area contributed by atoms with Crippen LogP contribution in [0.25, 0.3) is 0 Å². The first-order valence-electron chi connectivity index (χ1n) is 5.69. The minimum Gasteiger partial charge on any atom is -0.399 e. The van der Waals surface area contributed by atoms with Crippen LogP contribution < -0.4 is 5.73 Å². The van der Waals surface area contributed by atoms with Crippen molar-refractivity contribution in [2.24, 2.45) is 0 Å². The Morgan fingerprint density at radius 2 is 1.88 bits per heavy atom. The monoisotopic (exact) mass is 243 g/mol. The Labute approximate surface area is 107 Å². The van der Waals surface area contributed by atoms with Gasteiger partial charge >= 0.3 is 0 Å². The standard InChI is InChI=1S/C15H17NS/c1-11-6-7-12(2)15(8-11)17-10-13-4-3-5-14(16)9-13/h3-9H,10,16H2,1-2H3. The maximum Gasteiger partial charge on any atom is 0.0317 e. The van der Waals surface area contributed by atoms with Crippen LogP contribution in [0.1, 0.15) is 16.7 Å². The third kappa shape index (κ3) is 3.27. The zero-order valence-electron chi connectivity index (χ0n) is 10.2. The first kappa shape index (κ1) is 12.1. The van der Waals surface area contributed by atoms with Gasteiger partial charge in [-0.1, -0.05) is 29.8 Å². The maximum atomic E-state index is 5.77. The van der Waals surface area contributed by atoms with Crippen molar-refractivity contribution in [3.8, 4) is 0 Å². The maximum absolute atomic E-state index is 5.77. The number of nitrogen functional groups attached to an aromatic ring is 1. The van der Waals surface area contributed by atoms with Crippen molar-refractivity contribution in [2.45, 2.75) is 24.5 Å². The van der Waals surface area contributed by atoms with Gasteiger partial charge in [0.15, 0.2) is 0 Å². The summed E-state index contributed by atoms with van der Waals surface area (Å²) in [5, 5.41) is 0. The van der Waals surface area contributed by atoms with Gasteiger partial charge in [-0.2, -0.15) is 0 Å². The lowest BCUT2D eigenvalue weighted by molar-refractivity contribution is 1.25. The minimum absolute atomic E-state index is 0.837. The predicted molar refractivity (Wildman–Crippen MR) is 76.3 cm³/mol. The van der Waals surface area contributed by atoms with Gasteiger partial charge in [0, 0.05) is 16.3 Å². The summed E-state index contributed by atoms with van der Waals surface area (Å²) in [4.78, 5) is 1.35. The van der Waals surface area contributed by atoms with Crippen molar-refractivity contribution in [1.29, 1.82) is 0 Å². The van der Waals surface area contributed by atoms with E-state index in [0.717, 1.165) is 11.4 Å². The molecular weight excluding hydrogens is 226 g/mol. The SMILES string of the molecule is Cc1ccc(C)c(SCc2cccc(N)c2)c1. The summed E-state index contributed by atoms with van der Waals surface area (Å²) in [6.45, 7) is 4.28. The molecule has 1 nitrogen and oxygen atoms in total. The van der Waals surface area contributed by atoms with Gasteiger partial charge in [0.2, 0.25) is 0 Å². The van der Waals surface area contributed by atoms with E-state index in [0.29, 0.717) is 0 Å². The van der Waals surface area contributed by atoms with Crippen LogP contribution in [0.4, 0.5) is 5.69 Å². The molecule has 0 saturated carbocycles. The van der Waals surface area contributed by atoms with Crippen molar-refractivity contribution in [3.05, 3.63) is 59.2 Å². The molecule has 0 saturated heterocycles. The average molecular weight is 243 g/mol. The summed E-state index contributed by atoms with van der Waals surface area (Å²) in [5.74, 6) is 0.968. The third-order valence-electron chi connectivity index (χ3n) is 2.69. The van der Waals surface area contributed by atoms with Crippen LogP contribution in [0, 0.1) is 13.8 Å². The number of benzene rings is 2. The number of hydrogen-bond donors (Lipinski definition) is 1. The molecule has 0 unspecified atom stereocenters. The van der Waals surface area contributed by atoms with Crippen LogP contribution >= 0.6 is 11.8 Å². The van der Waals surface area contributed by atoms with Crippen LogP contribution in [0.3, 0.4) is 0 Å². The Kier molecular flexibility index (Phi) is 3.75. The molecule has 2 N–H and O–H groups in total. The van der Waals surface area contributed by atoms with Gasteiger partial charge in [0.25, 0.3) is 0 Å². The van der Waals surface area contributed by atoms with Gasteiger partial charge in [-0.3, -0.25) is 0 Å².